The van der Waals surface area contributed by atoms with Crippen molar-refractivity contribution in [2.24, 2.45) is 23.7 Å². The second-order valence-electron chi connectivity index (χ2n) is 9.66. The van der Waals surface area contributed by atoms with Crippen LogP contribution in [0.2, 0.25) is 0 Å². The number of benzene rings is 1. The van der Waals surface area contributed by atoms with Crippen molar-refractivity contribution >= 4 is 12.0 Å². The molecule has 2 aromatic rings. The van der Waals surface area contributed by atoms with E-state index in [-0.39, 0.29) is 11.6 Å². The maximum absolute atomic E-state index is 14.6. The number of aromatic nitrogens is 2. The quantitative estimate of drug-likeness (QED) is 0.472. The summed E-state index contributed by atoms with van der Waals surface area (Å²) in [6.07, 6.45) is 16.1. The lowest BCUT2D eigenvalue weighted by Crippen LogP contribution is -2.24. The molecule has 1 aromatic carbocycles. The summed E-state index contributed by atoms with van der Waals surface area (Å²) >= 11 is 0. The molecule has 34 heavy (non-hydrogen) atoms. The first kappa shape index (κ1) is 24.0. The molecule has 0 aliphatic heterocycles. The van der Waals surface area contributed by atoms with Crippen molar-refractivity contribution in [1.82, 2.24) is 9.97 Å². The predicted octanol–water partition coefficient (Wildman–Crippen LogP) is 6.49. The predicted molar refractivity (Wildman–Crippen MR) is 124 cm³/mol. The molecule has 0 saturated heterocycles. The van der Waals surface area contributed by atoms with Crippen molar-refractivity contribution in [1.29, 1.82) is 5.26 Å². The Hall–Kier alpha value is -3.14. The highest BCUT2D eigenvalue weighted by molar-refractivity contribution is 5.91. The zero-order valence-corrected chi connectivity index (χ0v) is 19.3. The molecular weight excluding hydrogens is 436 g/mol. The van der Waals surface area contributed by atoms with E-state index in [1.54, 1.807) is 12.1 Å². The number of hydrogen-bond acceptors (Lipinski definition) is 5. The van der Waals surface area contributed by atoms with Gasteiger partial charge in [-0.2, -0.15) is 5.26 Å². The molecule has 0 unspecified atom stereocenters. The van der Waals surface area contributed by atoms with Gasteiger partial charge in [0.1, 0.15) is 23.3 Å². The molecule has 2 fully saturated rings. The highest BCUT2D eigenvalue weighted by Crippen LogP contribution is 2.41. The fourth-order valence-electron chi connectivity index (χ4n) is 5.28. The summed E-state index contributed by atoms with van der Waals surface area (Å²) in [6.45, 7) is 2.35. The maximum atomic E-state index is 14.6. The van der Waals surface area contributed by atoms with Gasteiger partial charge < -0.3 is 4.74 Å². The van der Waals surface area contributed by atoms with Crippen molar-refractivity contribution in [3.05, 3.63) is 59.2 Å². The summed E-state index contributed by atoms with van der Waals surface area (Å²) in [5.41, 5.74) is -0.402. The second kappa shape index (κ2) is 10.9. The van der Waals surface area contributed by atoms with Crippen LogP contribution in [0.15, 0.2) is 30.6 Å². The molecule has 178 valence electrons. The molecule has 2 aliphatic carbocycles. The maximum Gasteiger partial charge on any atom is 0.349 e. The second-order valence-corrected chi connectivity index (χ2v) is 9.66. The van der Waals surface area contributed by atoms with E-state index < -0.39 is 23.2 Å². The number of allylic oxidation sites excluding steroid dienone is 1. The third kappa shape index (κ3) is 5.85. The molecule has 0 amide bonds. The van der Waals surface area contributed by atoms with E-state index in [1.807, 2.05) is 6.08 Å². The highest BCUT2D eigenvalue weighted by atomic mass is 19.1. The van der Waals surface area contributed by atoms with Crippen LogP contribution in [0, 0.1) is 46.6 Å². The first-order valence-electron chi connectivity index (χ1n) is 12.0. The van der Waals surface area contributed by atoms with E-state index in [0.29, 0.717) is 11.5 Å². The Kier molecular flexibility index (Phi) is 7.66. The Morgan fingerprint density at radius 1 is 1.00 bits per heavy atom. The number of halogens is 2. The van der Waals surface area contributed by atoms with Crippen LogP contribution < -0.4 is 4.74 Å². The zero-order chi connectivity index (χ0) is 24.1. The smallest absolute Gasteiger partial charge is 0.349 e. The number of nitriles is 1. The van der Waals surface area contributed by atoms with Crippen LogP contribution >= 0.6 is 0 Å². The van der Waals surface area contributed by atoms with E-state index in [2.05, 4.69) is 16.9 Å². The Morgan fingerprint density at radius 3 is 2.12 bits per heavy atom. The molecule has 0 spiro atoms. The summed E-state index contributed by atoms with van der Waals surface area (Å²) in [5.74, 6) is -0.416. The van der Waals surface area contributed by atoms with Gasteiger partial charge in [-0.25, -0.2) is 23.5 Å². The van der Waals surface area contributed by atoms with Gasteiger partial charge in [0.25, 0.3) is 0 Å². The molecule has 0 N–H and O–H groups in total. The largest absolute Gasteiger partial charge is 0.419 e. The first-order valence-corrected chi connectivity index (χ1v) is 12.0. The number of ether oxygens (including phenoxy) is 1. The highest BCUT2D eigenvalue weighted by Gasteiger charge is 2.29. The first-order chi connectivity index (χ1) is 16.4. The van der Waals surface area contributed by atoms with E-state index in [0.717, 1.165) is 55.1 Å². The number of carbonyl (C=O) groups excluding carboxylic acids is 1. The molecule has 0 atom stereocenters. The number of esters is 1. The lowest BCUT2D eigenvalue weighted by molar-refractivity contribution is 0.0723. The summed E-state index contributed by atoms with van der Waals surface area (Å²) in [6, 6.07) is 4.01. The van der Waals surface area contributed by atoms with Gasteiger partial charge in [0, 0.05) is 0 Å². The minimum atomic E-state index is -1.19. The van der Waals surface area contributed by atoms with Gasteiger partial charge in [-0.3, -0.25) is 0 Å². The number of rotatable bonds is 5. The molecule has 0 bridgehead atoms. The van der Waals surface area contributed by atoms with Crippen LogP contribution in [0.1, 0.15) is 80.0 Å². The van der Waals surface area contributed by atoms with Crippen molar-refractivity contribution in [3.63, 3.8) is 0 Å². The van der Waals surface area contributed by atoms with Crippen molar-refractivity contribution in [2.45, 2.75) is 58.3 Å². The lowest BCUT2D eigenvalue weighted by Gasteiger charge is -2.36. The van der Waals surface area contributed by atoms with Crippen LogP contribution in [0.3, 0.4) is 0 Å². The molecule has 2 aliphatic rings. The van der Waals surface area contributed by atoms with Gasteiger partial charge in [-0.15, -0.1) is 0 Å². The summed E-state index contributed by atoms with van der Waals surface area (Å²) in [4.78, 5) is 19.6. The molecule has 5 nitrogen and oxygen atoms in total. The summed E-state index contributed by atoms with van der Waals surface area (Å²) in [5, 5.41) is 8.70. The molecular formula is C27H29F2N3O2. The average molecular weight is 466 g/mol. The van der Waals surface area contributed by atoms with Gasteiger partial charge in [0.2, 0.25) is 5.82 Å². The molecule has 1 heterocycles. The minimum Gasteiger partial charge on any atom is -0.419 e. The topological polar surface area (TPSA) is 75.9 Å². The van der Waals surface area contributed by atoms with Gasteiger partial charge in [0.15, 0.2) is 5.75 Å². The fourth-order valence-corrected chi connectivity index (χ4v) is 5.28. The van der Waals surface area contributed by atoms with E-state index in [4.69, 9.17) is 10.00 Å². The van der Waals surface area contributed by atoms with Crippen LogP contribution in [0.5, 0.6) is 5.75 Å². The third-order valence-corrected chi connectivity index (χ3v) is 7.31. The van der Waals surface area contributed by atoms with E-state index in [1.165, 1.54) is 38.5 Å². The standard InChI is InChI=1S/C27H29F2N3O2/c1-17-2-8-20(9-3-17)21-10-6-18(7-11-21)4-5-19-12-23(28)26(24(29)13-19)27(33)34-22-15-31-25(14-30)32-16-22/h4-5,12-13,15-18,20-21H,2-3,6-11H2,1H3/b5-4+. The molecule has 1 aromatic heterocycles. The van der Waals surface area contributed by atoms with E-state index in [9.17, 15) is 13.6 Å². The Morgan fingerprint density at radius 2 is 1.56 bits per heavy atom. The molecule has 2 saturated carbocycles. The average Bonchev–Trinajstić information content (AvgIpc) is 2.84. The summed E-state index contributed by atoms with van der Waals surface area (Å²) in [7, 11) is 0. The molecule has 4 rings (SSSR count). The van der Waals surface area contributed by atoms with Crippen LogP contribution in [-0.4, -0.2) is 15.9 Å². The Balaban J connectivity index is 1.34. The lowest BCUT2D eigenvalue weighted by atomic mass is 9.69. The number of hydrogen-bond donors (Lipinski definition) is 0. The Bertz CT molecular complexity index is 1060. The van der Waals surface area contributed by atoms with Gasteiger partial charge in [-0.05, 0) is 79.9 Å². The fraction of sp³-hybridized carbons (Fsp3) is 0.481. The zero-order valence-electron chi connectivity index (χ0n) is 19.3. The molecule has 0 radical (unpaired) electrons. The monoisotopic (exact) mass is 465 g/mol. The van der Waals surface area contributed by atoms with E-state index >= 15 is 0 Å². The third-order valence-electron chi connectivity index (χ3n) is 7.31. The summed E-state index contributed by atoms with van der Waals surface area (Å²) < 4.78 is 34.1. The number of nitrogens with zero attached hydrogens (tertiary/aromatic N) is 3. The minimum absolute atomic E-state index is 0.106. The SMILES string of the molecule is CC1CCC(C2CCC(/C=C/c3cc(F)c(C(=O)Oc4cnc(C#N)nc4)c(F)c3)CC2)CC1. The normalized spacial score (nSPS) is 25.1. The van der Waals surface area contributed by atoms with Crippen LogP contribution in [0.25, 0.3) is 6.08 Å². The van der Waals surface area contributed by atoms with Gasteiger partial charge >= 0.3 is 5.97 Å². The van der Waals surface area contributed by atoms with Gasteiger partial charge in [-0.1, -0.05) is 31.9 Å². The van der Waals surface area contributed by atoms with Crippen molar-refractivity contribution < 1.29 is 18.3 Å². The number of carbonyl (C=O) groups is 1. The van der Waals surface area contributed by atoms with Crippen LogP contribution in [0.4, 0.5) is 8.78 Å². The van der Waals surface area contributed by atoms with Gasteiger partial charge in [0.05, 0.1) is 12.4 Å². The Labute approximate surface area is 198 Å². The van der Waals surface area contributed by atoms with Crippen molar-refractivity contribution in [3.8, 4) is 11.8 Å². The van der Waals surface area contributed by atoms with Crippen molar-refractivity contribution in [2.75, 3.05) is 0 Å². The van der Waals surface area contributed by atoms with Crippen LogP contribution in [-0.2, 0) is 0 Å². The molecule has 7 heteroatoms.